The fraction of sp³-hybridized carbons (Fsp3) is 0.423. The van der Waals surface area contributed by atoms with Gasteiger partial charge in [-0.2, -0.15) is 0 Å². The Bertz CT molecular complexity index is 1160. The molecule has 0 unspecified atom stereocenters. The van der Waals surface area contributed by atoms with Crippen molar-refractivity contribution < 1.29 is 0 Å². The summed E-state index contributed by atoms with van der Waals surface area (Å²) >= 11 is 0. The quantitative estimate of drug-likeness (QED) is 0.451. The van der Waals surface area contributed by atoms with Crippen LogP contribution in [-0.4, -0.2) is 45.2 Å². The summed E-state index contributed by atoms with van der Waals surface area (Å²) in [6.45, 7) is 7.45. The Hall–Kier alpha value is -2.63. The van der Waals surface area contributed by atoms with Gasteiger partial charge in [0, 0.05) is 62.8 Å². The van der Waals surface area contributed by atoms with Gasteiger partial charge in [-0.15, -0.1) is 0 Å². The maximum Gasteiger partial charge on any atom is 0.111 e. The molecule has 2 aromatic heterocycles. The van der Waals surface area contributed by atoms with Gasteiger partial charge in [-0.05, 0) is 43.1 Å². The average Bonchev–Trinajstić information content (AvgIpc) is 3.32. The number of aryl methyl sites for hydroxylation is 1. The summed E-state index contributed by atoms with van der Waals surface area (Å²) in [5.41, 5.74) is 5.19. The van der Waals surface area contributed by atoms with Crippen LogP contribution in [0.15, 0.2) is 54.7 Å². The number of nitrogens with one attached hydrogen (secondary N) is 1. The second kappa shape index (κ2) is 8.85. The smallest absolute Gasteiger partial charge is 0.111 e. The summed E-state index contributed by atoms with van der Waals surface area (Å²) in [7, 11) is 2.15. The van der Waals surface area contributed by atoms with Gasteiger partial charge in [-0.25, -0.2) is 4.98 Å². The molecule has 0 saturated carbocycles. The number of benzene rings is 2. The number of piperidine rings is 1. The van der Waals surface area contributed by atoms with Crippen LogP contribution in [0.4, 0.5) is 0 Å². The van der Waals surface area contributed by atoms with E-state index in [-0.39, 0.29) is 0 Å². The Balaban J connectivity index is 1.32. The van der Waals surface area contributed by atoms with Crippen molar-refractivity contribution in [3.8, 4) is 0 Å². The zero-order valence-electron chi connectivity index (χ0n) is 18.7. The number of rotatable bonds is 7. The van der Waals surface area contributed by atoms with Crippen LogP contribution in [0, 0.1) is 0 Å². The maximum atomic E-state index is 4.99. The van der Waals surface area contributed by atoms with Crippen LogP contribution in [0.1, 0.15) is 37.2 Å². The van der Waals surface area contributed by atoms with Crippen molar-refractivity contribution >= 4 is 21.9 Å². The third kappa shape index (κ3) is 4.00. The predicted molar refractivity (Wildman–Crippen MR) is 128 cm³/mol. The fourth-order valence-electron chi connectivity index (χ4n) is 5.18. The van der Waals surface area contributed by atoms with Crippen molar-refractivity contribution in [3.05, 3.63) is 66.1 Å². The molecule has 0 atom stereocenters. The molecule has 2 aromatic carbocycles. The molecule has 5 rings (SSSR count). The number of hydrogen-bond donors (Lipinski definition) is 1. The van der Waals surface area contributed by atoms with Crippen LogP contribution in [0.5, 0.6) is 0 Å². The summed E-state index contributed by atoms with van der Waals surface area (Å²) in [6, 6.07) is 17.9. The third-order valence-corrected chi connectivity index (χ3v) is 6.74. The lowest BCUT2D eigenvalue weighted by Crippen LogP contribution is -2.34. The Morgan fingerprint density at radius 1 is 1.00 bits per heavy atom. The predicted octanol–water partition coefficient (Wildman–Crippen LogP) is 4.52. The number of para-hydroxylation sites is 3. The number of fused-ring (bicyclic) bond motifs is 2. The van der Waals surface area contributed by atoms with Crippen molar-refractivity contribution in [3.63, 3.8) is 0 Å². The molecule has 5 heteroatoms. The van der Waals surface area contributed by atoms with E-state index in [1.54, 1.807) is 0 Å². The fourth-order valence-corrected chi connectivity index (χ4v) is 5.18. The normalized spacial score (nSPS) is 15.9. The minimum absolute atomic E-state index is 0.535. The summed E-state index contributed by atoms with van der Waals surface area (Å²) < 4.78 is 4.80. The van der Waals surface area contributed by atoms with Crippen LogP contribution in [0.2, 0.25) is 0 Å². The molecule has 162 valence electrons. The standard InChI is InChI=1S/C26H33N5/c1-3-27-15-12-26-28-23-9-5-7-11-25(23)31(26)21-13-16-30(17-14-21)19-20-18-29(2)24-10-6-4-8-22(20)24/h4-11,18,21,27H,3,12-17,19H2,1-2H3. The van der Waals surface area contributed by atoms with E-state index in [1.807, 2.05) is 0 Å². The molecule has 1 aliphatic heterocycles. The van der Waals surface area contributed by atoms with E-state index in [4.69, 9.17) is 4.98 Å². The van der Waals surface area contributed by atoms with E-state index in [2.05, 4.69) is 88.1 Å². The van der Waals surface area contributed by atoms with Gasteiger partial charge in [0.2, 0.25) is 0 Å². The number of likely N-dealkylation sites (tertiary alicyclic amines) is 1. The molecule has 1 N–H and O–H groups in total. The first kappa shape index (κ1) is 20.3. The van der Waals surface area contributed by atoms with E-state index in [1.165, 1.54) is 40.6 Å². The van der Waals surface area contributed by atoms with E-state index < -0.39 is 0 Å². The molecular formula is C26H33N5. The van der Waals surface area contributed by atoms with E-state index in [0.29, 0.717) is 6.04 Å². The van der Waals surface area contributed by atoms with E-state index >= 15 is 0 Å². The molecular weight excluding hydrogens is 382 g/mol. The van der Waals surface area contributed by atoms with Gasteiger partial charge in [0.15, 0.2) is 0 Å². The van der Waals surface area contributed by atoms with Crippen LogP contribution >= 0.6 is 0 Å². The Labute approximate surface area is 184 Å². The number of imidazole rings is 1. The van der Waals surface area contributed by atoms with Gasteiger partial charge in [0.1, 0.15) is 5.82 Å². The lowest BCUT2D eigenvalue weighted by atomic mass is 10.0. The summed E-state index contributed by atoms with van der Waals surface area (Å²) in [5, 5.41) is 4.85. The van der Waals surface area contributed by atoms with Gasteiger partial charge in [-0.3, -0.25) is 4.90 Å². The molecule has 1 saturated heterocycles. The topological polar surface area (TPSA) is 38.0 Å². The van der Waals surface area contributed by atoms with Crippen molar-refractivity contribution in [1.82, 2.24) is 24.3 Å². The maximum absolute atomic E-state index is 4.99. The Kier molecular flexibility index (Phi) is 5.79. The highest BCUT2D eigenvalue weighted by Gasteiger charge is 2.25. The SMILES string of the molecule is CCNCCc1nc2ccccc2n1C1CCN(Cc2cn(C)c3ccccc23)CC1. The van der Waals surface area contributed by atoms with Crippen LogP contribution in [0.25, 0.3) is 21.9 Å². The Morgan fingerprint density at radius 3 is 2.55 bits per heavy atom. The molecule has 3 heterocycles. The van der Waals surface area contributed by atoms with Crippen molar-refractivity contribution in [2.24, 2.45) is 7.05 Å². The van der Waals surface area contributed by atoms with Gasteiger partial charge in [0.25, 0.3) is 0 Å². The van der Waals surface area contributed by atoms with E-state index in [9.17, 15) is 0 Å². The number of nitrogens with zero attached hydrogens (tertiary/aromatic N) is 4. The van der Waals surface area contributed by atoms with Crippen LogP contribution in [0.3, 0.4) is 0 Å². The molecule has 0 spiro atoms. The molecule has 0 amide bonds. The van der Waals surface area contributed by atoms with Gasteiger partial charge in [0.05, 0.1) is 11.0 Å². The first-order valence-electron chi connectivity index (χ1n) is 11.7. The van der Waals surface area contributed by atoms with Gasteiger partial charge < -0.3 is 14.5 Å². The lowest BCUT2D eigenvalue weighted by Gasteiger charge is -2.33. The second-order valence-corrected chi connectivity index (χ2v) is 8.78. The Morgan fingerprint density at radius 2 is 1.74 bits per heavy atom. The van der Waals surface area contributed by atoms with Gasteiger partial charge >= 0.3 is 0 Å². The highest BCUT2D eigenvalue weighted by molar-refractivity contribution is 5.83. The highest BCUT2D eigenvalue weighted by Crippen LogP contribution is 2.30. The first-order chi connectivity index (χ1) is 15.2. The molecule has 4 aromatic rings. The summed E-state index contributed by atoms with van der Waals surface area (Å²) in [6.07, 6.45) is 5.65. The van der Waals surface area contributed by atoms with Crippen LogP contribution in [-0.2, 0) is 20.0 Å². The molecule has 0 bridgehead atoms. The van der Waals surface area contributed by atoms with Crippen molar-refractivity contribution in [1.29, 1.82) is 0 Å². The van der Waals surface area contributed by atoms with Crippen LogP contribution < -0.4 is 5.32 Å². The molecule has 31 heavy (non-hydrogen) atoms. The number of likely N-dealkylation sites (N-methyl/N-ethyl adjacent to an activating group) is 1. The minimum Gasteiger partial charge on any atom is -0.350 e. The summed E-state index contributed by atoms with van der Waals surface area (Å²) in [5.74, 6) is 1.23. The monoisotopic (exact) mass is 415 g/mol. The summed E-state index contributed by atoms with van der Waals surface area (Å²) in [4.78, 5) is 7.61. The zero-order valence-corrected chi connectivity index (χ0v) is 18.7. The molecule has 5 nitrogen and oxygen atoms in total. The van der Waals surface area contributed by atoms with Crippen molar-refractivity contribution in [2.45, 2.75) is 38.8 Å². The molecule has 0 radical (unpaired) electrons. The minimum atomic E-state index is 0.535. The number of hydrogen-bond acceptors (Lipinski definition) is 3. The molecule has 1 aliphatic rings. The van der Waals surface area contributed by atoms with Gasteiger partial charge in [-0.1, -0.05) is 37.3 Å². The van der Waals surface area contributed by atoms with Crippen molar-refractivity contribution in [2.75, 3.05) is 26.2 Å². The second-order valence-electron chi connectivity index (χ2n) is 8.78. The van der Waals surface area contributed by atoms with E-state index in [0.717, 1.165) is 44.7 Å². The first-order valence-corrected chi connectivity index (χ1v) is 11.7. The largest absolute Gasteiger partial charge is 0.350 e. The molecule has 0 aliphatic carbocycles. The lowest BCUT2D eigenvalue weighted by molar-refractivity contribution is 0.180. The molecule has 1 fully saturated rings. The highest BCUT2D eigenvalue weighted by atomic mass is 15.2. The zero-order chi connectivity index (χ0) is 21.2. The average molecular weight is 416 g/mol. The third-order valence-electron chi connectivity index (χ3n) is 6.74. The number of aromatic nitrogens is 3.